The average Bonchev–Trinajstić information content (AvgIpc) is 2.42. The average molecular weight is 240 g/mol. The Hall–Kier alpha value is -1.67. The van der Waals surface area contributed by atoms with Crippen LogP contribution < -0.4 is 5.32 Å². The fourth-order valence-corrected chi connectivity index (χ4v) is 2.47. The first-order valence-corrected chi connectivity index (χ1v) is 6.36. The predicted molar refractivity (Wildman–Crippen MR) is 75.6 cm³/mol. The number of hydrogen-bond acceptors (Lipinski definition) is 2. The summed E-state index contributed by atoms with van der Waals surface area (Å²) in [5.41, 5.74) is 4.01. The molecular formula is C16H20N2. The van der Waals surface area contributed by atoms with Gasteiger partial charge in [0, 0.05) is 24.4 Å². The number of nitrogens with zero attached hydrogens (tertiary/aromatic N) is 1. The topological polar surface area (TPSA) is 24.9 Å². The van der Waals surface area contributed by atoms with Crippen LogP contribution in [0.2, 0.25) is 0 Å². The maximum Gasteiger partial charge on any atom is 0.0387 e. The minimum absolute atomic E-state index is 0.327. The molecule has 2 atom stereocenters. The molecule has 0 spiro atoms. The number of aryl methyl sites for hydroxylation is 1. The van der Waals surface area contributed by atoms with Crippen LogP contribution in [-0.2, 0) is 0 Å². The molecule has 1 aromatic heterocycles. The lowest BCUT2D eigenvalue weighted by Gasteiger charge is -2.25. The maximum atomic E-state index is 4.08. The SMILES string of the molecule is CNC(c1ccccc1C)C(C)c1ccncc1. The lowest BCUT2D eigenvalue weighted by molar-refractivity contribution is 0.505. The van der Waals surface area contributed by atoms with Crippen LogP contribution in [0.5, 0.6) is 0 Å². The van der Waals surface area contributed by atoms with E-state index in [0.717, 1.165) is 0 Å². The molecule has 94 valence electrons. The number of hydrogen-bond donors (Lipinski definition) is 1. The van der Waals surface area contributed by atoms with Gasteiger partial charge in [0.1, 0.15) is 0 Å². The molecule has 1 heterocycles. The van der Waals surface area contributed by atoms with Crippen molar-refractivity contribution in [3.05, 3.63) is 65.5 Å². The highest BCUT2D eigenvalue weighted by Crippen LogP contribution is 2.31. The van der Waals surface area contributed by atoms with Gasteiger partial charge in [0.2, 0.25) is 0 Å². The van der Waals surface area contributed by atoms with Crippen LogP contribution in [0.4, 0.5) is 0 Å². The zero-order chi connectivity index (χ0) is 13.0. The van der Waals surface area contributed by atoms with E-state index in [1.165, 1.54) is 16.7 Å². The molecular weight excluding hydrogens is 220 g/mol. The summed E-state index contributed by atoms with van der Waals surface area (Å²) >= 11 is 0. The fraction of sp³-hybridized carbons (Fsp3) is 0.312. The van der Waals surface area contributed by atoms with Gasteiger partial charge in [0.25, 0.3) is 0 Å². The van der Waals surface area contributed by atoms with Crippen LogP contribution in [0, 0.1) is 6.92 Å². The minimum Gasteiger partial charge on any atom is -0.312 e. The van der Waals surface area contributed by atoms with E-state index >= 15 is 0 Å². The Bertz CT molecular complexity index is 493. The van der Waals surface area contributed by atoms with E-state index in [0.29, 0.717) is 12.0 Å². The van der Waals surface area contributed by atoms with Gasteiger partial charge in [-0.15, -0.1) is 0 Å². The number of pyridine rings is 1. The molecule has 0 amide bonds. The first-order chi connectivity index (χ1) is 8.74. The van der Waals surface area contributed by atoms with Crippen molar-refractivity contribution < 1.29 is 0 Å². The van der Waals surface area contributed by atoms with Gasteiger partial charge in [-0.2, -0.15) is 0 Å². The van der Waals surface area contributed by atoms with Crippen molar-refractivity contribution in [3.63, 3.8) is 0 Å². The molecule has 0 bridgehead atoms. The summed E-state index contributed by atoms with van der Waals surface area (Å²) in [4.78, 5) is 4.08. The summed E-state index contributed by atoms with van der Waals surface area (Å²) in [6.45, 7) is 4.42. The van der Waals surface area contributed by atoms with Crippen molar-refractivity contribution in [2.24, 2.45) is 0 Å². The summed E-state index contributed by atoms with van der Waals surface area (Å²) in [5.74, 6) is 0.416. The largest absolute Gasteiger partial charge is 0.312 e. The molecule has 1 aromatic carbocycles. The van der Waals surface area contributed by atoms with Gasteiger partial charge in [-0.25, -0.2) is 0 Å². The van der Waals surface area contributed by atoms with Gasteiger partial charge >= 0.3 is 0 Å². The van der Waals surface area contributed by atoms with Gasteiger partial charge < -0.3 is 5.32 Å². The summed E-state index contributed by atoms with van der Waals surface area (Å²) in [6.07, 6.45) is 3.72. The number of likely N-dealkylation sites (N-methyl/N-ethyl adjacent to an activating group) is 1. The molecule has 2 rings (SSSR count). The molecule has 0 radical (unpaired) electrons. The molecule has 0 fully saturated rings. The summed E-state index contributed by atoms with van der Waals surface area (Å²) in [6, 6.07) is 13.1. The fourth-order valence-electron chi connectivity index (χ4n) is 2.47. The molecule has 0 saturated heterocycles. The van der Waals surface area contributed by atoms with Gasteiger partial charge in [-0.3, -0.25) is 4.98 Å². The van der Waals surface area contributed by atoms with Crippen LogP contribution in [0.1, 0.15) is 35.6 Å². The van der Waals surface area contributed by atoms with Crippen molar-refractivity contribution in [2.45, 2.75) is 25.8 Å². The smallest absolute Gasteiger partial charge is 0.0387 e. The Labute approximate surface area is 109 Å². The van der Waals surface area contributed by atoms with Crippen molar-refractivity contribution in [2.75, 3.05) is 7.05 Å². The Morgan fingerprint density at radius 1 is 1.06 bits per heavy atom. The summed E-state index contributed by atoms with van der Waals surface area (Å²) in [5, 5.41) is 3.44. The van der Waals surface area contributed by atoms with Crippen LogP contribution in [0.25, 0.3) is 0 Å². The second-order valence-corrected chi connectivity index (χ2v) is 4.69. The van der Waals surface area contributed by atoms with Crippen molar-refractivity contribution in [1.82, 2.24) is 10.3 Å². The Morgan fingerprint density at radius 3 is 2.33 bits per heavy atom. The van der Waals surface area contributed by atoms with E-state index in [2.05, 4.69) is 60.5 Å². The Kier molecular flexibility index (Phi) is 4.11. The zero-order valence-electron chi connectivity index (χ0n) is 11.2. The van der Waals surface area contributed by atoms with Gasteiger partial charge in [0.05, 0.1) is 0 Å². The van der Waals surface area contributed by atoms with E-state index in [-0.39, 0.29) is 0 Å². The van der Waals surface area contributed by atoms with Crippen LogP contribution in [-0.4, -0.2) is 12.0 Å². The lowest BCUT2D eigenvalue weighted by atomic mass is 9.87. The zero-order valence-corrected chi connectivity index (χ0v) is 11.2. The third kappa shape index (κ3) is 2.59. The third-order valence-electron chi connectivity index (χ3n) is 3.57. The second-order valence-electron chi connectivity index (χ2n) is 4.69. The molecule has 2 aromatic rings. The second kappa shape index (κ2) is 5.78. The first-order valence-electron chi connectivity index (χ1n) is 6.36. The van der Waals surface area contributed by atoms with Gasteiger partial charge in [-0.1, -0.05) is 31.2 Å². The molecule has 0 aliphatic heterocycles. The molecule has 18 heavy (non-hydrogen) atoms. The van der Waals surface area contributed by atoms with Crippen LogP contribution in [0.15, 0.2) is 48.8 Å². The predicted octanol–water partition coefficient (Wildman–Crippen LogP) is 3.45. The minimum atomic E-state index is 0.327. The number of nitrogens with one attached hydrogen (secondary N) is 1. The first kappa shape index (κ1) is 12.8. The van der Waals surface area contributed by atoms with Crippen LogP contribution >= 0.6 is 0 Å². The standard InChI is InChI=1S/C16H20N2/c1-12-6-4-5-7-15(12)16(17-3)13(2)14-8-10-18-11-9-14/h4-11,13,16-17H,1-3H3. The highest BCUT2D eigenvalue weighted by Gasteiger charge is 2.20. The van der Waals surface area contributed by atoms with E-state index in [9.17, 15) is 0 Å². The van der Waals surface area contributed by atoms with E-state index in [1.54, 1.807) is 0 Å². The summed E-state index contributed by atoms with van der Waals surface area (Å²) in [7, 11) is 2.02. The lowest BCUT2D eigenvalue weighted by Crippen LogP contribution is -2.23. The van der Waals surface area contributed by atoms with Crippen molar-refractivity contribution in [1.29, 1.82) is 0 Å². The highest BCUT2D eigenvalue weighted by molar-refractivity contribution is 5.32. The van der Waals surface area contributed by atoms with E-state index in [1.807, 2.05) is 19.4 Å². The van der Waals surface area contributed by atoms with Gasteiger partial charge in [-0.05, 0) is 42.8 Å². The van der Waals surface area contributed by atoms with Crippen molar-refractivity contribution >= 4 is 0 Å². The van der Waals surface area contributed by atoms with Crippen molar-refractivity contribution in [3.8, 4) is 0 Å². The number of rotatable bonds is 4. The Balaban J connectivity index is 2.32. The molecule has 0 aliphatic carbocycles. The molecule has 2 nitrogen and oxygen atoms in total. The number of benzene rings is 1. The van der Waals surface area contributed by atoms with E-state index in [4.69, 9.17) is 0 Å². The quantitative estimate of drug-likeness (QED) is 0.885. The molecule has 2 heteroatoms. The normalized spacial score (nSPS) is 14.2. The molecule has 1 N–H and O–H groups in total. The van der Waals surface area contributed by atoms with Crippen LogP contribution in [0.3, 0.4) is 0 Å². The maximum absolute atomic E-state index is 4.08. The molecule has 0 aliphatic rings. The highest BCUT2D eigenvalue weighted by atomic mass is 14.9. The Morgan fingerprint density at radius 2 is 1.72 bits per heavy atom. The monoisotopic (exact) mass is 240 g/mol. The third-order valence-corrected chi connectivity index (χ3v) is 3.57. The van der Waals surface area contributed by atoms with E-state index < -0.39 is 0 Å². The molecule has 0 saturated carbocycles. The molecule has 2 unspecified atom stereocenters. The number of aromatic nitrogens is 1. The summed E-state index contributed by atoms with van der Waals surface area (Å²) < 4.78 is 0. The van der Waals surface area contributed by atoms with Gasteiger partial charge in [0.15, 0.2) is 0 Å².